The molecule has 6 nitrogen and oxygen atoms in total. The van der Waals surface area contributed by atoms with E-state index >= 15 is 0 Å². The van der Waals surface area contributed by atoms with E-state index in [0.29, 0.717) is 28.0 Å². The van der Waals surface area contributed by atoms with Gasteiger partial charge in [-0.3, -0.25) is 0 Å². The minimum absolute atomic E-state index is 0.481. The van der Waals surface area contributed by atoms with E-state index in [1.165, 1.54) is 58.3 Å². The zero-order valence-electron chi connectivity index (χ0n) is 19.4. The molecule has 0 saturated carbocycles. The van der Waals surface area contributed by atoms with Crippen LogP contribution < -0.4 is 15.1 Å². The normalized spacial score (nSPS) is 22.9. The molecule has 1 aromatic heterocycles. The highest BCUT2D eigenvalue weighted by Crippen LogP contribution is 2.41. The number of anilines is 2. The van der Waals surface area contributed by atoms with Gasteiger partial charge in [0.25, 0.3) is 0 Å². The van der Waals surface area contributed by atoms with Crippen LogP contribution >= 0.6 is 23.2 Å². The third-order valence-electron chi connectivity index (χ3n) is 7.71. The molecule has 1 N–H and O–H groups in total. The van der Waals surface area contributed by atoms with Crippen molar-refractivity contribution >= 4 is 35.0 Å². The summed E-state index contributed by atoms with van der Waals surface area (Å²) in [4.78, 5) is 16.7. The molecule has 3 fully saturated rings. The average Bonchev–Trinajstić information content (AvgIpc) is 3.47. The number of aromatic nitrogens is 2. The monoisotopic (exact) mass is 488 g/mol. The first-order valence-electron chi connectivity index (χ1n) is 12.2. The van der Waals surface area contributed by atoms with Gasteiger partial charge in [-0.25, -0.2) is 4.98 Å². The van der Waals surface area contributed by atoms with Gasteiger partial charge in [-0.2, -0.15) is 4.98 Å². The van der Waals surface area contributed by atoms with Crippen LogP contribution in [0, 0.1) is 5.41 Å². The van der Waals surface area contributed by atoms with Crippen molar-refractivity contribution in [1.29, 1.82) is 0 Å². The topological polar surface area (TPSA) is 47.5 Å². The van der Waals surface area contributed by atoms with Crippen LogP contribution in [-0.2, 0) is 6.54 Å². The lowest BCUT2D eigenvalue weighted by atomic mass is 9.78. The second-order valence-corrected chi connectivity index (χ2v) is 10.9. The van der Waals surface area contributed by atoms with Crippen LogP contribution in [0.5, 0.6) is 0 Å². The number of benzene rings is 1. The van der Waals surface area contributed by atoms with Crippen molar-refractivity contribution in [3.8, 4) is 0 Å². The van der Waals surface area contributed by atoms with Gasteiger partial charge in [-0.1, -0.05) is 29.3 Å². The van der Waals surface area contributed by atoms with E-state index in [0.717, 1.165) is 30.4 Å². The Hall–Kier alpha value is -1.60. The Labute approximate surface area is 207 Å². The van der Waals surface area contributed by atoms with Crippen LogP contribution in [-0.4, -0.2) is 67.2 Å². The maximum atomic E-state index is 6.37. The molecule has 0 radical (unpaired) electrons. The van der Waals surface area contributed by atoms with Crippen molar-refractivity contribution in [2.45, 2.75) is 44.7 Å². The maximum Gasteiger partial charge on any atom is 0.227 e. The van der Waals surface area contributed by atoms with Crippen molar-refractivity contribution < 1.29 is 0 Å². The molecule has 1 unspecified atom stereocenters. The highest BCUT2D eigenvalue weighted by atomic mass is 35.5. The Balaban J connectivity index is 1.18. The van der Waals surface area contributed by atoms with Crippen molar-refractivity contribution in [2.75, 3.05) is 56.1 Å². The van der Waals surface area contributed by atoms with E-state index in [2.05, 4.69) is 25.0 Å². The van der Waals surface area contributed by atoms with Crippen LogP contribution in [0.15, 0.2) is 30.5 Å². The average molecular weight is 489 g/mol. The number of likely N-dealkylation sites (tertiary alicyclic amines) is 1. The largest absolute Gasteiger partial charge is 0.355 e. The number of halogens is 2. The van der Waals surface area contributed by atoms with Crippen molar-refractivity contribution in [2.24, 2.45) is 5.41 Å². The third kappa shape index (κ3) is 5.40. The zero-order chi connectivity index (χ0) is 22.8. The highest BCUT2D eigenvalue weighted by Gasteiger charge is 2.41. The molecular weight excluding hydrogens is 455 g/mol. The molecule has 3 saturated heterocycles. The lowest BCUT2D eigenvalue weighted by molar-refractivity contribution is 0.201. The van der Waals surface area contributed by atoms with Gasteiger partial charge >= 0.3 is 0 Å². The number of nitrogens with zero attached hydrogens (tertiary/aromatic N) is 5. The number of rotatable bonds is 6. The molecule has 0 aliphatic carbocycles. The molecule has 1 spiro atoms. The summed E-state index contributed by atoms with van der Waals surface area (Å²) in [6.45, 7) is 7.66. The second-order valence-electron chi connectivity index (χ2n) is 10.1. The molecule has 1 aromatic carbocycles. The van der Waals surface area contributed by atoms with Crippen molar-refractivity contribution in [3.63, 3.8) is 0 Å². The first-order chi connectivity index (χ1) is 16.0. The summed E-state index contributed by atoms with van der Waals surface area (Å²) in [5.41, 5.74) is 1.51. The van der Waals surface area contributed by atoms with Gasteiger partial charge in [-0.15, -0.1) is 0 Å². The molecular formula is C25H34Cl2N6. The number of hydrogen-bond donors (Lipinski definition) is 1. The number of hydrogen-bond acceptors (Lipinski definition) is 6. The second kappa shape index (κ2) is 9.95. The first-order valence-corrected chi connectivity index (χ1v) is 12.9. The van der Waals surface area contributed by atoms with Crippen LogP contribution in [0.25, 0.3) is 0 Å². The molecule has 33 heavy (non-hydrogen) atoms. The Bertz CT molecular complexity index is 956. The molecule has 2 aromatic rings. The molecule has 0 bridgehead atoms. The summed E-state index contributed by atoms with van der Waals surface area (Å²) in [7, 11) is 2.04. The van der Waals surface area contributed by atoms with Crippen LogP contribution in [0.4, 0.5) is 11.8 Å². The summed E-state index contributed by atoms with van der Waals surface area (Å²) >= 11 is 12.4. The van der Waals surface area contributed by atoms with Crippen molar-refractivity contribution in [3.05, 3.63) is 46.1 Å². The molecule has 5 rings (SSSR count). The molecule has 8 heteroatoms. The highest BCUT2D eigenvalue weighted by molar-refractivity contribution is 6.35. The smallest absolute Gasteiger partial charge is 0.227 e. The zero-order valence-corrected chi connectivity index (χ0v) is 21.0. The fourth-order valence-electron chi connectivity index (χ4n) is 5.69. The molecule has 4 heterocycles. The van der Waals surface area contributed by atoms with Crippen LogP contribution in [0.2, 0.25) is 10.0 Å². The summed E-state index contributed by atoms with van der Waals surface area (Å²) in [6.07, 6.45) is 8.33. The van der Waals surface area contributed by atoms with Gasteiger partial charge in [0.1, 0.15) is 5.82 Å². The predicted octanol–water partition coefficient (Wildman–Crippen LogP) is 4.46. The van der Waals surface area contributed by atoms with E-state index in [1.807, 2.05) is 31.4 Å². The molecule has 0 amide bonds. The molecule has 3 aliphatic rings. The summed E-state index contributed by atoms with van der Waals surface area (Å²) in [5.74, 6) is 1.74. The predicted molar refractivity (Wildman–Crippen MR) is 137 cm³/mol. The van der Waals surface area contributed by atoms with E-state index in [-0.39, 0.29) is 0 Å². The maximum absolute atomic E-state index is 6.37. The Morgan fingerprint density at radius 2 is 1.97 bits per heavy atom. The molecule has 178 valence electrons. The fourth-order valence-corrected chi connectivity index (χ4v) is 6.16. The lowest BCUT2D eigenvalue weighted by Gasteiger charge is -2.39. The van der Waals surface area contributed by atoms with Gasteiger partial charge in [0.05, 0.1) is 0 Å². The van der Waals surface area contributed by atoms with Crippen molar-refractivity contribution in [1.82, 2.24) is 20.2 Å². The number of piperidine rings is 1. The van der Waals surface area contributed by atoms with E-state index in [1.54, 1.807) is 6.07 Å². The Morgan fingerprint density at radius 3 is 2.73 bits per heavy atom. The van der Waals surface area contributed by atoms with Gasteiger partial charge < -0.3 is 20.0 Å². The van der Waals surface area contributed by atoms with Crippen LogP contribution in [0.1, 0.15) is 37.7 Å². The standard InChI is InChI=1S/C25H34Cl2N6/c1-31(16-19-4-5-20(26)15-22(19)27)23-6-11-29-24(30-23)33-13-8-25(9-14-33)7-12-32(18-25)17-21-3-2-10-28-21/h4-6,11,15,21,28H,2-3,7-10,12-14,16-18H2,1H3. The summed E-state index contributed by atoms with van der Waals surface area (Å²) in [5, 5.41) is 4.99. The van der Waals surface area contributed by atoms with E-state index in [4.69, 9.17) is 28.2 Å². The SMILES string of the molecule is CN(Cc1ccc(Cl)cc1Cl)c1ccnc(N2CCC3(CCN(CC4CCCN4)C3)CC2)n1. The third-order valence-corrected chi connectivity index (χ3v) is 8.29. The summed E-state index contributed by atoms with van der Waals surface area (Å²) in [6, 6.07) is 8.30. The first kappa shape index (κ1) is 23.2. The lowest BCUT2D eigenvalue weighted by Crippen LogP contribution is -2.43. The Morgan fingerprint density at radius 1 is 1.15 bits per heavy atom. The quantitative estimate of drug-likeness (QED) is 0.647. The van der Waals surface area contributed by atoms with E-state index < -0.39 is 0 Å². The minimum atomic E-state index is 0.481. The minimum Gasteiger partial charge on any atom is -0.355 e. The molecule has 1 atom stereocenters. The summed E-state index contributed by atoms with van der Waals surface area (Å²) < 4.78 is 0. The van der Waals surface area contributed by atoms with Gasteiger partial charge in [0.2, 0.25) is 5.95 Å². The van der Waals surface area contributed by atoms with Gasteiger partial charge in [0.15, 0.2) is 0 Å². The van der Waals surface area contributed by atoms with Crippen LogP contribution in [0.3, 0.4) is 0 Å². The van der Waals surface area contributed by atoms with Gasteiger partial charge in [0, 0.05) is 62.1 Å². The Kier molecular flexibility index (Phi) is 6.98. The van der Waals surface area contributed by atoms with Gasteiger partial charge in [-0.05, 0) is 74.4 Å². The number of nitrogens with one attached hydrogen (secondary N) is 1. The fraction of sp³-hybridized carbons (Fsp3) is 0.600. The van der Waals surface area contributed by atoms with E-state index in [9.17, 15) is 0 Å². The molecule has 3 aliphatic heterocycles.